The van der Waals surface area contributed by atoms with E-state index in [4.69, 9.17) is 4.74 Å². The molecule has 1 saturated carbocycles. The van der Waals surface area contributed by atoms with Crippen molar-refractivity contribution in [3.63, 3.8) is 0 Å². The summed E-state index contributed by atoms with van der Waals surface area (Å²) in [6, 6.07) is 2.22. The highest BCUT2D eigenvalue weighted by molar-refractivity contribution is 5.32. The molecule has 88 valence electrons. The minimum Gasteiger partial charge on any atom is -0.487 e. The van der Waals surface area contributed by atoms with Crippen LogP contribution in [0.2, 0.25) is 0 Å². The van der Waals surface area contributed by atoms with E-state index in [1.807, 2.05) is 0 Å². The molecule has 1 aliphatic carbocycles. The van der Waals surface area contributed by atoms with Crippen LogP contribution in [0.4, 0.5) is 17.6 Å². The molecule has 0 saturated heterocycles. The number of alkyl halides is 3. The maximum atomic E-state index is 13.2. The van der Waals surface area contributed by atoms with Gasteiger partial charge in [0.15, 0.2) is 11.6 Å². The number of benzene rings is 1. The maximum absolute atomic E-state index is 13.2. The van der Waals surface area contributed by atoms with Crippen LogP contribution >= 0.6 is 0 Å². The number of hydrogen-bond acceptors (Lipinski definition) is 1. The van der Waals surface area contributed by atoms with Gasteiger partial charge in [0, 0.05) is 0 Å². The van der Waals surface area contributed by atoms with Crippen molar-refractivity contribution in [2.24, 2.45) is 0 Å². The van der Waals surface area contributed by atoms with Crippen LogP contribution in [-0.2, 0) is 6.18 Å². The minimum absolute atomic E-state index is 0.141. The SMILES string of the molecule is Fc1ccc(C(F)(F)F)cc1OC1CCC1. The standard InChI is InChI=1S/C11H10F4O/c12-9-5-4-7(11(13,14)15)6-10(9)16-8-2-1-3-8/h4-6,8H,1-3H2. The Bertz CT molecular complexity index is 382. The van der Waals surface area contributed by atoms with Crippen molar-refractivity contribution in [1.82, 2.24) is 0 Å². The van der Waals surface area contributed by atoms with Crippen molar-refractivity contribution >= 4 is 0 Å². The molecule has 1 aliphatic rings. The topological polar surface area (TPSA) is 9.23 Å². The third-order valence-electron chi connectivity index (χ3n) is 2.60. The lowest BCUT2D eigenvalue weighted by Gasteiger charge is -2.26. The van der Waals surface area contributed by atoms with Crippen LogP contribution in [0.3, 0.4) is 0 Å². The quantitative estimate of drug-likeness (QED) is 0.707. The van der Waals surface area contributed by atoms with Crippen molar-refractivity contribution < 1.29 is 22.3 Å². The Morgan fingerprint density at radius 1 is 1.19 bits per heavy atom. The summed E-state index contributed by atoms with van der Waals surface area (Å²) in [5, 5.41) is 0. The van der Waals surface area contributed by atoms with E-state index in [1.165, 1.54) is 0 Å². The average molecular weight is 234 g/mol. The number of hydrogen-bond donors (Lipinski definition) is 0. The van der Waals surface area contributed by atoms with Crippen LogP contribution in [0, 0.1) is 5.82 Å². The van der Waals surface area contributed by atoms with Crippen molar-refractivity contribution in [2.75, 3.05) is 0 Å². The zero-order valence-electron chi connectivity index (χ0n) is 8.35. The van der Waals surface area contributed by atoms with Gasteiger partial charge in [0.25, 0.3) is 0 Å². The zero-order valence-corrected chi connectivity index (χ0v) is 8.35. The van der Waals surface area contributed by atoms with Gasteiger partial charge in [-0.2, -0.15) is 13.2 Å². The molecule has 0 N–H and O–H groups in total. The maximum Gasteiger partial charge on any atom is 0.416 e. The summed E-state index contributed by atoms with van der Waals surface area (Å²) >= 11 is 0. The molecule has 0 radical (unpaired) electrons. The first-order chi connectivity index (χ1) is 7.47. The molecule has 5 heteroatoms. The first-order valence-corrected chi connectivity index (χ1v) is 5.00. The monoisotopic (exact) mass is 234 g/mol. The first-order valence-electron chi connectivity index (χ1n) is 5.00. The third-order valence-corrected chi connectivity index (χ3v) is 2.60. The largest absolute Gasteiger partial charge is 0.487 e. The normalized spacial score (nSPS) is 17.0. The van der Waals surface area contributed by atoms with Crippen LogP contribution < -0.4 is 4.74 Å². The molecule has 1 aromatic carbocycles. The zero-order chi connectivity index (χ0) is 11.8. The second-order valence-electron chi connectivity index (χ2n) is 3.81. The van der Waals surface area contributed by atoms with Crippen molar-refractivity contribution in [3.8, 4) is 5.75 Å². The Morgan fingerprint density at radius 3 is 2.38 bits per heavy atom. The molecule has 2 rings (SSSR count). The Kier molecular flexibility index (Phi) is 2.78. The lowest BCUT2D eigenvalue weighted by Crippen LogP contribution is -2.25. The van der Waals surface area contributed by atoms with Crippen LogP contribution in [0.1, 0.15) is 24.8 Å². The highest BCUT2D eigenvalue weighted by Gasteiger charge is 2.32. The van der Waals surface area contributed by atoms with Gasteiger partial charge < -0.3 is 4.74 Å². The molecule has 0 unspecified atom stereocenters. The minimum atomic E-state index is -4.47. The fourth-order valence-corrected chi connectivity index (χ4v) is 1.44. The lowest BCUT2D eigenvalue weighted by molar-refractivity contribution is -0.137. The van der Waals surface area contributed by atoms with E-state index < -0.39 is 17.6 Å². The van der Waals surface area contributed by atoms with Gasteiger partial charge in [-0.3, -0.25) is 0 Å². The molecular weight excluding hydrogens is 224 g/mol. The fraction of sp³-hybridized carbons (Fsp3) is 0.455. The highest BCUT2D eigenvalue weighted by Crippen LogP contribution is 2.34. The second kappa shape index (κ2) is 3.96. The third kappa shape index (κ3) is 2.28. The van der Waals surface area contributed by atoms with Gasteiger partial charge in [0.05, 0.1) is 11.7 Å². The summed E-state index contributed by atoms with van der Waals surface area (Å²) in [7, 11) is 0. The second-order valence-corrected chi connectivity index (χ2v) is 3.81. The van der Waals surface area contributed by atoms with Crippen molar-refractivity contribution in [2.45, 2.75) is 31.5 Å². The van der Waals surface area contributed by atoms with E-state index in [9.17, 15) is 17.6 Å². The molecule has 0 aliphatic heterocycles. The highest BCUT2D eigenvalue weighted by atomic mass is 19.4. The van der Waals surface area contributed by atoms with E-state index in [1.54, 1.807) is 0 Å². The molecule has 0 heterocycles. The number of rotatable bonds is 2. The van der Waals surface area contributed by atoms with E-state index in [2.05, 4.69) is 0 Å². The fourth-order valence-electron chi connectivity index (χ4n) is 1.44. The Labute approximate surface area is 90.0 Å². The lowest BCUT2D eigenvalue weighted by atomic mass is 9.96. The van der Waals surface area contributed by atoms with Gasteiger partial charge >= 0.3 is 6.18 Å². The van der Waals surface area contributed by atoms with Gasteiger partial charge in [0.2, 0.25) is 0 Å². The summed E-state index contributed by atoms with van der Waals surface area (Å²) in [6.07, 6.45) is -2.08. The molecule has 0 atom stereocenters. The smallest absolute Gasteiger partial charge is 0.416 e. The van der Waals surface area contributed by atoms with Gasteiger partial charge in [0.1, 0.15) is 0 Å². The molecule has 1 aromatic rings. The Morgan fingerprint density at radius 2 is 1.88 bits per heavy atom. The predicted octanol–water partition coefficient (Wildman–Crippen LogP) is 3.78. The van der Waals surface area contributed by atoms with E-state index in [-0.39, 0.29) is 11.9 Å². The molecule has 0 bridgehead atoms. The Balaban J connectivity index is 2.21. The van der Waals surface area contributed by atoms with E-state index in [0.29, 0.717) is 12.1 Å². The first kappa shape index (κ1) is 11.2. The van der Waals surface area contributed by atoms with Gasteiger partial charge in [-0.05, 0) is 37.5 Å². The summed E-state index contributed by atoms with van der Waals surface area (Å²) in [5.74, 6) is -1.06. The van der Waals surface area contributed by atoms with Crippen LogP contribution in [0.25, 0.3) is 0 Å². The van der Waals surface area contributed by atoms with Gasteiger partial charge in [-0.15, -0.1) is 0 Å². The summed E-state index contributed by atoms with van der Waals surface area (Å²) < 4.78 is 55.4. The van der Waals surface area contributed by atoms with Crippen LogP contribution in [0.15, 0.2) is 18.2 Å². The van der Waals surface area contributed by atoms with Crippen LogP contribution in [-0.4, -0.2) is 6.10 Å². The molecule has 16 heavy (non-hydrogen) atoms. The molecule has 0 aromatic heterocycles. The summed E-state index contributed by atoms with van der Waals surface area (Å²) in [5.41, 5.74) is -0.886. The number of halogens is 4. The van der Waals surface area contributed by atoms with E-state index >= 15 is 0 Å². The summed E-state index contributed by atoms with van der Waals surface area (Å²) in [6.45, 7) is 0. The molecule has 0 spiro atoms. The number of ether oxygens (including phenoxy) is 1. The molecular formula is C11H10F4O. The van der Waals surface area contributed by atoms with Crippen molar-refractivity contribution in [1.29, 1.82) is 0 Å². The predicted molar refractivity (Wildman–Crippen MR) is 49.7 cm³/mol. The van der Waals surface area contributed by atoms with Crippen LogP contribution in [0.5, 0.6) is 5.75 Å². The molecule has 0 amide bonds. The molecule has 1 fully saturated rings. The van der Waals surface area contributed by atoms with Crippen molar-refractivity contribution in [3.05, 3.63) is 29.6 Å². The molecule has 1 nitrogen and oxygen atoms in total. The average Bonchev–Trinajstić information content (AvgIpc) is 2.11. The Hall–Kier alpha value is -1.26. The van der Waals surface area contributed by atoms with Gasteiger partial charge in [-0.25, -0.2) is 4.39 Å². The van der Waals surface area contributed by atoms with E-state index in [0.717, 1.165) is 25.3 Å². The summed E-state index contributed by atoms with van der Waals surface area (Å²) in [4.78, 5) is 0. The van der Waals surface area contributed by atoms with Gasteiger partial charge in [-0.1, -0.05) is 0 Å².